The maximum absolute atomic E-state index is 4.84. The van der Waals surface area contributed by atoms with Crippen molar-refractivity contribution in [1.82, 2.24) is 4.68 Å². The van der Waals surface area contributed by atoms with Crippen molar-refractivity contribution in [3.05, 3.63) is 62.6 Å². The molecule has 118 valence electrons. The number of rotatable bonds is 3. The molecule has 3 nitrogen and oxygen atoms in total. The van der Waals surface area contributed by atoms with Gasteiger partial charge in [-0.1, -0.05) is 18.2 Å². The third-order valence-electron chi connectivity index (χ3n) is 3.82. The molecule has 0 aliphatic rings. The van der Waals surface area contributed by atoms with Crippen molar-refractivity contribution in [2.45, 2.75) is 20.8 Å². The quantitative estimate of drug-likeness (QED) is 0.618. The van der Waals surface area contributed by atoms with Crippen LogP contribution in [0, 0.1) is 13.8 Å². The van der Waals surface area contributed by atoms with E-state index in [9.17, 15) is 0 Å². The second-order valence-corrected chi connectivity index (χ2v) is 7.18. The first-order chi connectivity index (χ1) is 11.1. The van der Waals surface area contributed by atoms with Crippen molar-refractivity contribution in [2.75, 3.05) is 7.05 Å². The number of thiazole rings is 1. The highest BCUT2D eigenvalue weighted by Gasteiger charge is 2.09. The maximum Gasteiger partial charge on any atom is 0.205 e. The summed E-state index contributed by atoms with van der Waals surface area (Å²) in [6.07, 6.45) is 0. The molecule has 0 bridgehead atoms. The van der Waals surface area contributed by atoms with Crippen molar-refractivity contribution in [3.63, 3.8) is 0 Å². The predicted octanol–water partition coefficient (Wildman–Crippen LogP) is 4.70. The summed E-state index contributed by atoms with van der Waals surface area (Å²) in [5.74, 6) is 0. The highest BCUT2D eigenvalue weighted by atomic mass is 32.1. The molecule has 0 spiro atoms. The Balaban J connectivity index is 2.11. The van der Waals surface area contributed by atoms with E-state index in [0.29, 0.717) is 0 Å². The molecule has 0 amide bonds. The molecule has 0 fully saturated rings. The van der Waals surface area contributed by atoms with Gasteiger partial charge in [-0.15, -0.1) is 22.7 Å². The Bertz CT molecular complexity index is 912. The lowest BCUT2D eigenvalue weighted by atomic mass is 10.0. The summed E-state index contributed by atoms with van der Waals surface area (Å²) >= 11 is 3.33. The van der Waals surface area contributed by atoms with Gasteiger partial charge >= 0.3 is 0 Å². The van der Waals surface area contributed by atoms with Crippen LogP contribution in [0.1, 0.15) is 23.6 Å². The van der Waals surface area contributed by atoms with Crippen molar-refractivity contribution in [1.29, 1.82) is 0 Å². The van der Waals surface area contributed by atoms with Gasteiger partial charge in [0.05, 0.1) is 16.3 Å². The Morgan fingerprint density at radius 3 is 2.57 bits per heavy atom. The summed E-state index contributed by atoms with van der Waals surface area (Å²) < 4.78 is 1.95. The fourth-order valence-electron chi connectivity index (χ4n) is 2.32. The third-order valence-corrected chi connectivity index (χ3v) is 5.62. The zero-order valence-corrected chi connectivity index (χ0v) is 15.3. The van der Waals surface area contributed by atoms with Crippen LogP contribution in [0.25, 0.3) is 10.6 Å². The fraction of sp³-hybridized carbons (Fsp3) is 0.222. The van der Waals surface area contributed by atoms with E-state index in [4.69, 9.17) is 5.10 Å². The molecule has 0 radical (unpaired) electrons. The molecule has 3 rings (SSSR count). The van der Waals surface area contributed by atoms with Crippen molar-refractivity contribution in [3.8, 4) is 10.6 Å². The van der Waals surface area contributed by atoms with E-state index in [1.54, 1.807) is 29.7 Å². The van der Waals surface area contributed by atoms with Gasteiger partial charge in [-0.25, -0.2) is 4.68 Å². The van der Waals surface area contributed by atoms with Gasteiger partial charge in [-0.05, 0) is 55.0 Å². The molecular formula is C18H19N3S2. The Morgan fingerprint density at radius 2 is 1.91 bits per heavy atom. The minimum atomic E-state index is 0.900. The molecule has 0 aliphatic heterocycles. The van der Waals surface area contributed by atoms with Crippen molar-refractivity contribution >= 4 is 28.4 Å². The third kappa shape index (κ3) is 3.21. The highest BCUT2D eigenvalue weighted by Crippen LogP contribution is 2.25. The Morgan fingerprint density at radius 1 is 1.09 bits per heavy atom. The van der Waals surface area contributed by atoms with Crippen molar-refractivity contribution in [2.24, 2.45) is 10.1 Å². The van der Waals surface area contributed by atoms with E-state index in [2.05, 4.69) is 59.9 Å². The van der Waals surface area contributed by atoms with Crippen LogP contribution in [0.5, 0.6) is 0 Å². The summed E-state index contributed by atoms with van der Waals surface area (Å²) in [7, 11) is 1.81. The molecule has 0 saturated heterocycles. The normalized spacial score (nSPS) is 12.9. The summed E-state index contributed by atoms with van der Waals surface area (Å²) in [5, 5.41) is 9.04. The topological polar surface area (TPSA) is 29.6 Å². The summed E-state index contributed by atoms with van der Waals surface area (Å²) in [4.78, 5) is 6.46. The van der Waals surface area contributed by atoms with E-state index in [1.807, 2.05) is 11.6 Å². The fourth-order valence-corrected chi connectivity index (χ4v) is 3.91. The second-order valence-electron chi connectivity index (χ2n) is 5.40. The molecule has 2 aromatic heterocycles. The van der Waals surface area contributed by atoms with Crippen LogP contribution in [0.15, 0.2) is 51.2 Å². The van der Waals surface area contributed by atoms with Gasteiger partial charge in [0.1, 0.15) is 0 Å². The van der Waals surface area contributed by atoms with Gasteiger partial charge in [0, 0.05) is 12.4 Å². The lowest BCUT2D eigenvalue weighted by Gasteiger charge is -2.07. The van der Waals surface area contributed by atoms with Gasteiger partial charge in [0.15, 0.2) is 0 Å². The average Bonchev–Trinajstić information content (AvgIpc) is 3.18. The molecule has 1 aromatic carbocycles. The lowest BCUT2D eigenvalue weighted by molar-refractivity contribution is 0.844. The number of thiophene rings is 1. The molecule has 3 aromatic rings. The molecule has 0 unspecified atom stereocenters. The zero-order chi connectivity index (χ0) is 16.4. The van der Waals surface area contributed by atoms with Crippen molar-refractivity contribution < 1.29 is 0 Å². The maximum atomic E-state index is 4.84. The first-order valence-corrected chi connectivity index (χ1v) is 9.16. The number of nitrogens with zero attached hydrogens (tertiary/aromatic N) is 3. The van der Waals surface area contributed by atoms with Crippen LogP contribution in [-0.4, -0.2) is 17.4 Å². The van der Waals surface area contributed by atoms with E-state index in [-0.39, 0.29) is 0 Å². The molecular weight excluding hydrogens is 322 g/mol. The minimum Gasteiger partial charge on any atom is -0.261 e. The Kier molecular flexibility index (Phi) is 4.59. The molecule has 23 heavy (non-hydrogen) atoms. The average molecular weight is 342 g/mol. The SMILES string of the molecule is CN=c1scc(-c2cccs2)n1N=C(C)c1ccc(C)c(C)c1. The molecule has 0 atom stereocenters. The van der Waals surface area contributed by atoms with Crippen LogP contribution in [0.3, 0.4) is 0 Å². The van der Waals surface area contributed by atoms with Gasteiger partial charge < -0.3 is 0 Å². The minimum absolute atomic E-state index is 0.900. The number of benzene rings is 1. The van der Waals surface area contributed by atoms with Crippen LogP contribution < -0.4 is 4.80 Å². The number of aromatic nitrogens is 1. The lowest BCUT2D eigenvalue weighted by Crippen LogP contribution is -2.13. The second kappa shape index (κ2) is 6.64. The van der Waals surface area contributed by atoms with Gasteiger partial charge in [0.25, 0.3) is 0 Å². The summed E-state index contributed by atoms with van der Waals surface area (Å²) in [6, 6.07) is 10.6. The number of aryl methyl sites for hydroxylation is 2. The smallest absolute Gasteiger partial charge is 0.205 e. The van der Waals surface area contributed by atoms with E-state index in [0.717, 1.165) is 21.8 Å². The first-order valence-electron chi connectivity index (χ1n) is 7.40. The van der Waals surface area contributed by atoms with Crippen LogP contribution in [0.4, 0.5) is 0 Å². The summed E-state index contributed by atoms with van der Waals surface area (Å²) in [5.41, 5.74) is 5.80. The molecule has 0 N–H and O–H groups in total. The molecule has 5 heteroatoms. The van der Waals surface area contributed by atoms with E-state index >= 15 is 0 Å². The van der Waals surface area contributed by atoms with Crippen LogP contribution in [-0.2, 0) is 0 Å². The highest BCUT2D eigenvalue weighted by molar-refractivity contribution is 7.14. The number of hydrogen-bond donors (Lipinski definition) is 0. The van der Waals surface area contributed by atoms with Crippen LogP contribution in [0.2, 0.25) is 0 Å². The first kappa shape index (κ1) is 15.9. The monoisotopic (exact) mass is 341 g/mol. The standard InChI is InChI=1S/C18H19N3S2/c1-12-7-8-15(10-13(12)2)14(3)20-21-16(11-23-18(21)19-4)17-6-5-9-22-17/h5-11H,1-4H3. The van der Waals surface area contributed by atoms with E-state index < -0.39 is 0 Å². The van der Waals surface area contributed by atoms with E-state index in [1.165, 1.54) is 16.0 Å². The van der Waals surface area contributed by atoms with Gasteiger partial charge in [-0.2, -0.15) is 5.10 Å². The van der Waals surface area contributed by atoms with Gasteiger partial charge in [0.2, 0.25) is 4.80 Å². The molecule has 2 heterocycles. The Labute approximate surface area is 144 Å². The summed E-state index contributed by atoms with van der Waals surface area (Å²) in [6.45, 7) is 6.31. The molecule has 0 aliphatic carbocycles. The largest absolute Gasteiger partial charge is 0.261 e. The number of hydrogen-bond acceptors (Lipinski definition) is 4. The zero-order valence-electron chi connectivity index (χ0n) is 13.7. The van der Waals surface area contributed by atoms with Crippen LogP contribution >= 0.6 is 22.7 Å². The Hall–Kier alpha value is -1.98. The predicted molar refractivity (Wildman–Crippen MR) is 101 cm³/mol. The van der Waals surface area contributed by atoms with Gasteiger partial charge in [-0.3, -0.25) is 4.99 Å². The molecule has 0 saturated carbocycles.